The van der Waals surface area contributed by atoms with Crippen LogP contribution in [0.2, 0.25) is 0 Å². The monoisotopic (exact) mass is 519 g/mol. The Labute approximate surface area is 211 Å². The predicted octanol–water partition coefficient (Wildman–Crippen LogP) is 2.90. The molecule has 0 spiro atoms. The summed E-state index contributed by atoms with van der Waals surface area (Å²) in [5.74, 6) is 0. The van der Waals surface area contributed by atoms with Gasteiger partial charge in [-0.05, 0) is 36.8 Å². The number of benzene rings is 3. The average molecular weight is 520 g/mol. The van der Waals surface area contributed by atoms with E-state index < -0.39 is 26.6 Å². The number of fused-ring (bicyclic) bond motifs is 1. The van der Waals surface area contributed by atoms with Crippen LogP contribution in [0.15, 0.2) is 93.7 Å². The summed E-state index contributed by atoms with van der Waals surface area (Å²) in [6.07, 6.45) is 1.37. The summed E-state index contributed by atoms with van der Waals surface area (Å²) in [4.78, 5) is 32.0. The molecule has 0 aliphatic rings. The molecule has 4 aromatic rings. The van der Waals surface area contributed by atoms with E-state index in [1.54, 1.807) is 42.5 Å². The van der Waals surface area contributed by atoms with Gasteiger partial charge < -0.3 is 10.1 Å². The van der Waals surface area contributed by atoms with Crippen molar-refractivity contribution in [2.24, 2.45) is 5.10 Å². The molecule has 0 saturated carbocycles. The molecular formula is C25H21N5O6S. The lowest BCUT2D eigenvalue weighted by Gasteiger charge is -2.12. The molecule has 1 heterocycles. The number of nitrogens with one attached hydrogen (secondary N) is 2. The van der Waals surface area contributed by atoms with Gasteiger partial charge >= 0.3 is 0 Å². The molecule has 0 amide bonds. The predicted molar refractivity (Wildman–Crippen MR) is 139 cm³/mol. The average Bonchev–Trinajstić information content (AvgIpc) is 2.88. The van der Waals surface area contributed by atoms with Crippen LogP contribution in [-0.2, 0) is 10.0 Å². The Kier molecular flexibility index (Phi) is 7.22. The zero-order valence-electron chi connectivity index (χ0n) is 19.4. The molecule has 1 atom stereocenters. The molecule has 1 unspecified atom stereocenters. The number of aliphatic hydroxyl groups is 1. The number of aliphatic hydroxyl groups excluding tert-OH is 1. The number of nitro benzene ring substituents is 1. The van der Waals surface area contributed by atoms with Gasteiger partial charge in [0, 0.05) is 12.1 Å². The van der Waals surface area contributed by atoms with Crippen molar-refractivity contribution in [1.29, 1.82) is 0 Å². The number of hydrazone groups is 1. The van der Waals surface area contributed by atoms with Crippen molar-refractivity contribution in [3.8, 4) is 0 Å². The van der Waals surface area contributed by atoms with E-state index in [1.165, 1.54) is 30.3 Å². The van der Waals surface area contributed by atoms with Gasteiger partial charge in [-0.25, -0.2) is 4.98 Å². The van der Waals surface area contributed by atoms with Gasteiger partial charge in [0.15, 0.2) is 5.69 Å². The molecule has 0 radical (unpaired) electrons. The minimum absolute atomic E-state index is 0.0665. The van der Waals surface area contributed by atoms with Crippen LogP contribution in [0.5, 0.6) is 0 Å². The highest BCUT2D eigenvalue weighted by molar-refractivity contribution is 7.89. The highest BCUT2D eigenvalue weighted by Crippen LogP contribution is 2.18. The van der Waals surface area contributed by atoms with Crippen molar-refractivity contribution in [3.63, 3.8) is 0 Å². The number of H-pyrrole nitrogens is 1. The lowest BCUT2D eigenvalue weighted by Crippen LogP contribution is -2.32. The summed E-state index contributed by atoms with van der Waals surface area (Å²) in [6.45, 7) is 1.81. The Bertz CT molecular complexity index is 1680. The van der Waals surface area contributed by atoms with Gasteiger partial charge in [0.25, 0.3) is 21.3 Å². The maximum atomic E-state index is 12.9. The van der Waals surface area contributed by atoms with Crippen LogP contribution in [0, 0.1) is 17.0 Å². The number of non-ortho nitro benzene ring substituents is 1. The molecule has 4 rings (SSSR count). The number of nitrogens with zero attached hydrogens (tertiary/aromatic N) is 3. The highest BCUT2D eigenvalue weighted by Gasteiger charge is 2.22. The first kappa shape index (κ1) is 25.4. The molecule has 0 aliphatic carbocycles. The van der Waals surface area contributed by atoms with Crippen molar-refractivity contribution in [3.05, 3.63) is 116 Å². The van der Waals surface area contributed by atoms with Gasteiger partial charge in [-0.2, -0.15) is 18.4 Å². The van der Waals surface area contributed by atoms with Crippen molar-refractivity contribution in [2.75, 3.05) is 0 Å². The number of sulfonamides is 1. The summed E-state index contributed by atoms with van der Waals surface area (Å²) in [5.41, 5.74) is 0.0650. The van der Waals surface area contributed by atoms with Crippen LogP contribution in [0.25, 0.3) is 17.1 Å². The highest BCUT2D eigenvalue weighted by atomic mass is 32.2. The number of hydrogen-bond donors (Lipinski definition) is 3. The van der Waals surface area contributed by atoms with Gasteiger partial charge in [0.2, 0.25) is 0 Å². The number of aryl methyl sites for hydroxylation is 1. The fourth-order valence-electron chi connectivity index (χ4n) is 3.36. The fraction of sp³-hybridized carbons (Fsp3) is 0.0800. The van der Waals surface area contributed by atoms with Gasteiger partial charge in [-0.3, -0.25) is 14.9 Å². The molecule has 0 bridgehead atoms. The second-order valence-corrected chi connectivity index (χ2v) is 9.65. The molecule has 12 heteroatoms. The van der Waals surface area contributed by atoms with E-state index in [1.807, 2.05) is 13.0 Å². The molecule has 11 nitrogen and oxygen atoms in total. The van der Waals surface area contributed by atoms with Crippen molar-refractivity contribution in [1.82, 2.24) is 14.8 Å². The molecule has 0 fully saturated rings. The van der Waals surface area contributed by atoms with E-state index in [9.17, 15) is 28.4 Å². The lowest BCUT2D eigenvalue weighted by atomic mass is 10.1. The molecule has 0 saturated heterocycles. The zero-order valence-corrected chi connectivity index (χ0v) is 20.2. The Balaban J connectivity index is 1.78. The number of nitro groups is 1. The van der Waals surface area contributed by atoms with Crippen LogP contribution in [-0.4, -0.2) is 40.2 Å². The second kappa shape index (κ2) is 10.5. The van der Waals surface area contributed by atoms with Crippen LogP contribution in [0.1, 0.15) is 16.8 Å². The summed E-state index contributed by atoms with van der Waals surface area (Å²) in [6, 6.07) is 18.7. The quantitative estimate of drug-likeness (QED) is 0.183. The Hall–Kier alpha value is -4.68. The molecular weight excluding hydrogens is 498 g/mol. The largest absolute Gasteiger partial charge is 0.382 e. The Morgan fingerprint density at radius 2 is 1.84 bits per heavy atom. The van der Waals surface area contributed by atoms with Gasteiger partial charge in [-0.1, -0.05) is 54.1 Å². The Morgan fingerprint density at radius 1 is 1.14 bits per heavy atom. The van der Waals surface area contributed by atoms with Gasteiger partial charge in [-0.15, -0.1) is 0 Å². The van der Waals surface area contributed by atoms with E-state index in [0.717, 1.165) is 17.2 Å². The van der Waals surface area contributed by atoms with E-state index in [4.69, 9.17) is 0 Å². The molecule has 0 aliphatic heterocycles. The first-order valence-corrected chi connectivity index (χ1v) is 12.4. The molecule has 188 valence electrons. The Morgan fingerprint density at radius 3 is 2.51 bits per heavy atom. The van der Waals surface area contributed by atoms with E-state index in [2.05, 4.69) is 19.9 Å². The molecule has 37 heavy (non-hydrogen) atoms. The van der Waals surface area contributed by atoms with E-state index in [0.29, 0.717) is 0 Å². The third-order valence-corrected chi connectivity index (χ3v) is 6.52. The standard InChI is InChI=1S/C25H21N5O6S/c1-16-7-11-19(12-8-16)37(35,36)29-28-23(22(31)14-9-17-5-3-2-4-6-17)24-25(32)27-21-15-18(30(33)34)10-13-20(21)26-24/h2-15,22,29,31H,1H3,(H,27,32)/b14-9?,28-23+. The van der Waals surface area contributed by atoms with E-state index in [-0.39, 0.29) is 33.0 Å². The summed E-state index contributed by atoms with van der Waals surface area (Å²) in [7, 11) is -4.14. The first-order chi connectivity index (χ1) is 17.6. The van der Waals surface area contributed by atoms with Crippen molar-refractivity contribution in [2.45, 2.75) is 17.9 Å². The van der Waals surface area contributed by atoms with Crippen LogP contribution >= 0.6 is 0 Å². The first-order valence-electron chi connectivity index (χ1n) is 10.9. The fourth-order valence-corrected chi connectivity index (χ4v) is 4.18. The normalized spacial score (nSPS) is 13.1. The number of hydrogen-bond acceptors (Lipinski definition) is 8. The summed E-state index contributed by atoms with van der Waals surface area (Å²) >= 11 is 0. The smallest absolute Gasteiger partial charge is 0.276 e. The van der Waals surface area contributed by atoms with Crippen molar-refractivity contribution < 1.29 is 18.4 Å². The topological polar surface area (TPSA) is 168 Å². The molecule has 1 aromatic heterocycles. The van der Waals surface area contributed by atoms with Gasteiger partial charge in [0.1, 0.15) is 11.8 Å². The minimum Gasteiger partial charge on any atom is -0.382 e. The maximum absolute atomic E-state index is 12.9. The molecule has 3 N–H and O–H groups in total. The SMILES string of the molecule is Cc1ccc(S(=O)(=O)N/N=C(/c2nc3ccc([N+](=O)[O-])cc3[nH]c2=O)C(O)C=Cc2ccccc2)cc1. The lowest BCUT2D eigenvalue weighted by molar-refractivity contribution is -0.384. The number of aromatic nitrogens is 2. The van der Waals surface area contributed by atoms with Gasteiger partial charge in [0.05, 0.1) is 20.9 Å². The maximum Gasteiger partial charge on any atom is 0.276 e. The summed E-state index contributed by atoms with van der Waals surface area (Å²) in [5, 5.41) is 25.8. The van der Waals surface area contributed by atoms with Crippen LogP contribution in [0.4, 0.5) is 5.69 Å². The second-order valence-electron chi connectivity index (χ2n) is 7.99. The number of aromatic amines is 1. The third kappa shape index (κ3) is 5.94. The van der Waals surface area contributed by atoms with Crippen molar-refractivity contribution >= 4 is 38.5 Å². The minimum atomic E-state index is -4.14. The molecule has 3 aromatic carbocycles. The number of rotatable bonds is 8. The van der Waals surface area contributed by atoms with Crippen LogP contribution in [0.3, 0.4) is 0 Å². The van der Waals surface area contributed by atoms with E-state index >= 15 is 0 Å². The van der Waals surface area contributed by atoms with Crippen LogP contribution < -0.4 is 10.4 Å². The summed E-state index contributed by atoms with van der Waals surface area (Å²) < 4.78 is 25.6. The zero-order chi connectivity index (χ0) is 26.6. The third-order valence-electron chi connectivity index (χ3n) is 5.30.